The van der Waals surface area contributed by atoms with Crippen LogP contribution >= 0.6 is 0 Å². The fourth-order valence-electron chi connectivity index (χ4n) is 13.6. The highest BCUT2D eigenvalue weighted by Crippen LogP contribution is 2.33. The average molecular weight is 1890 g/mol. The summed E-state index contributed by atoms with van der Waals surface area (Å²) in [5.74, 6) is -1.99. The summed E-state index contributed by atoms with van der Waals surface area (Å²) in [6, 6.07) is 45.4. The monoisotopic (exact) mass is 1880 g/mol. The topological polar surface area (TPSA) is 595 Å². The first-order valence-electron chi connectivity index (χ1n) is 43.0. The quantitative estimate of drug-likeness (QED) is 0.0240. The Morgan fingerprint density at radius 2 is 0.702 bits per heavy atom. The summed E-state index contributed by atoms with van der Waals surface area (Å²) in [5.41, 5.74) is 16.7. The van der Waals surface area contributed by atoms with Crippen molar-refractivity contribution < 1.29 is 44.4 Å². The molecule has 20 rings (SSSR count). The van der Waals surface area contributed by atoms with Crippen molar-refractivity contribution in [3.63, 3.8) is 0 Å². The minimum atomic E-state index is -0.640. The molecule has 12 N–H and O–H groups in total. The third-order valence-corrected chi connectivity index (χ3v) is 20.4. The van der Waals surface area contributed by atoms with Gasteiger partial charge in [-0.2, -0.15) is 40.8 Å². The molecule has 5 amide bonds. The maximum Gasteiger partial charge on any atom is 0.293 e. The highest BCUT2D eigenvalue weighted by molar-refractivity contribution is 6.08. The van der Waals surface area contributed by atoms with E-state index < -0.39 is 29.8 Å². The van der Waals surface area contributed by atoms with Crippen LogP contribution < -0.4 is 26.6 Å². The Morgan fingerprint density at radius 3 is 1.11 bits per heavy atom. The first-order valence-corrected chi connectivity index (χ1v) is 43.0. The van der Waals surface area contributed by atoms with Gasteiger partial charge in [0.25, 0.3) is 29.5 Å². The summed E-state index contributed by atoms with van der Waals surface area (Å²) < 4.78 is 7.68. The summed E-state index contributed by atoms with van der Waals surface area (Å²) in [6.45, 7) is 0.725. The van der Waals surface area contributed by atoms with Crippen molar-refractivity contribution in [2.45, 2.75) is 19.0 Å². The normalized spacial score (nSPS) is 10.8. The zero-order chi connectivity index (χ0) is 97.9. The van der Waals surface area contributed by atoms with Crippen LogP contribution in [-0.4, -0.2) is 231 Å². The van der Waals surface area contributed by atoms with Gasteiger partial charge in [-0.3, -0.25) is 108 Å². The van der Waals surface area contributed by atoms with Crippen LogP contribution in [0, 0.1) is 6.92 Å². The smallest absolute Gasteiger partial charge is 0.293 e. The second-order valence-electron chi connectivity index (χ2n) is 30.4. The number of hydrogen-bond acceptors (Lipinski definition) is 32. The molecule has 0 aromatic carbocycles. The summed E-state index contributed by atoms with van der Waals surface area (Å²) in [4.78, 5) is 128. The Morgan fingerprint density at radius 1 is 0.312 bits per heavy atom. The summed E-state index contributed by atoms with van der Waals surface area (Å²) in [6.07, 6.45) is 39.1. The number of nitrogens with zero attached hydrogens (tertiary/aromatic N) is 28. The van der Waals surface area contributed by atoms with E-state index in [4.69, 9.17) is 0 Å². The highest BCUT2D eigenvalue weighted by Gasteiger charge is 2.26. The lowest BCUT2D eigenvalue weighted by atomic mass is 10.1. The molecule has 0 radical (unpaired) electrons. The highest BCUT2D eigenvalue weighted by atomic mass is 16.3. The fraction of sp³-hybridized carbons (Fsp3) is 0.104. The number of aromatic nitrogens is 31. The van der Waals surface area contributed by atoms with E-state index in [1.165, 1.54) is 28.0 Å². The standard InChI is InChI=1S/C23H22N6O3.C22H20N6O3.3C17H14N8O/c1-15-9-16(11-24-10-15)18-6-4-7-20(26-18)23(32)27-21-12-29(17(13-30)14-31)28-22(21)19-5-2-3-8-25-19;29-13-16(14-30)28-12-20(21(27-28)18-6-1-2-10-24-18)26-22(31)19-8-3-7-17(25-19)15-5-4-9-23-11-15;1-25-10-14(15(24-25)13-4-2-3-6-18-13)23-17(26)16-19-7-5-12(22-16)11-8-20-21-9-11;1-25-10-15(16(24-25)12-4-2-3-6-19-12)22-17(26)14-9-18-8-13(21-14)11-5-7-20-23-11;1-25-10-15(16(24-25)12-4-2-3-5-19-12)23-17(26)14-9-18-8-13(22-14)11-6-20-21-7-11/h2-12,17,30-31H,13-14H2,1H3,(H,27,32);1-12,16,29-30H,13-14H2,(H,26,31);2-10H,1H3,(H,20,21)(H,23,26);2-10H,1H3,(H,20,23)(H,22,26);2-10H,1H3,(H,20,21)(H,23,26). The number of aliphatic hydroxyl groups excluding tert-OH is 4. The molecule has 0 atom stereocenters. The average Bonchev–Trinajstić information content (AvgIpc) is 1.62. The molecule has 0 unspecified atom stereocenters. The van der Waals surface area contributed by atoms with E-state index in [0.717, 1.165) is 27.8 Å². The van der Waals surface area contributed by atoms with Crippen LogP contribution in [0.4, 0.5) is 28.4 Å². The van der Waals surface area contributed by atoms with Crippen LogP contribution in [0.2, 0.25) is 0 Å². The van der Waals surface area contributed by atoms with Gasteiger partial charge in [-0.1, -0.05) is 42.5 Å². The van der Waals surface area contributed by atoms with Gasteiger partial charge in [0.15, 0.2) is 0 Å². The van der Waals surface area contributed by atoms with Crippen molar-refractivity contribution in [2.24, 2.45) is 21.1 Å². The minimum absolute atomic E-state index is 0.0551. The second-order valence-corrected chi connectivity index (χ2v) is 30.4. The molecule has 0 aliphatic rings. The number of rotatable bonds is 26. The Balaban J connectivity index is 0.000000127. The summed E-state index contributed by atoms with van der Waals surface area (Å²) in [7, 11) is 5.33. The molecule has 20 heterocycles. The predicted molar refractivity (Wildman–Crippen MR) is 515 cm³/mol. The number of H-pyrrole nitrogens is 3. The van der Waals surface area contributed by atoms with Crippen LogP contribution in [0.1, 0.15) is 70.2 Å². The van der Waals surface area contributed by atoms with Crippen molar-refractivity contribution in [1.82, 2.24) is 154 Å². The number of aliphatic hydroxyl groups is 4. The number of carbonyl (C=O) groups is 5. The van der Waals surface area contributed by atoms with Crippen molar-refractivity contribution in [3.05, 3.63) is 341 Å². The van der Waals surface area contributed by atoms with Gasteiger partial charge in [0.05, 0.1) is 161 Å². The Bertz CT molecular complexity index is 7170. The van der Waals surface area contributed by atoms with Crippen molar-refractivity contribution in [3.8, 4) is 113 Å². The Hall–Kier alpha value is -19.5. The van der Waals surface area contributed by atoms with E-state index in [9.17, 15) is 44.4 Å². The van der Waals surface area contributed by atoms with Crippen molar-refractivity contribution >= 4 is 58.0 Å². The third-order valence-electron chi connectivity index (χ3n) is 20.4. The zero-order valence-electron chi connectivity index (χ0n) is 75.2. The van der Waals surface area contributed by atoms with Crippen molar-refractivity contribution in [2.75, 3.05) is 53.0 Å². The van der Waals surface area contributed by atoms with E-state index in [1.807, 2.05) is 85.8 Å². The first-order chi connectivity index (χ1) is 68.9. The maximum absolute atomic E-state index is 13.0. The predicted octanol–water partition coefficient (Wildman–Crippen LogP) is 10.4. The van der Waals surface area contributed by atoms with Gasteiger partial charge in [0.2, 0.25) is 5.82 Å². The molecule has 45 nitrogen and oxygen atoms in total. The minimum Gasteiger partial charge on any atom is -0.394 e. The molecule has 0 saturated heterocycles. The van der Waals surface area contributed by atoms with Crippen LogP contribution in [0.25, 0.3) is 113 Å². The fourth-order valence-corrected chi connectivity index (χ4v) is 13.6. The number of hydrogen-bond donors (Lipinski definition) is 12. The van der Waals surface area contributed by atoms with Gasteiger partial charge < -0.3 is 47.0 Å². The molecule has 702 valence electrons. The number of nitrogens with one attached hydrogen (secondary N) is 8. The molecule has 141 heavy (non-hydrogen) atoms. The number of pyridine rings is 9. The number of carbonyl (C=O) groups excluding carboxylic acids is 5. The molecule has 20 aromatic rings. The van der Waals surface area contributed by atoms with Crippen LogP contribution in [0.5, 0.6) is 0 Å². The lowest BCUT2D eigenvalue weighted by molar-refractivity contribution is 0.101. The molecule has 0 saturated carbocycles. The maximum atomic E-state index is 13.0. The molecule has 0 aliphatic heterocycles. The van der Waals surface area contributed by atoms with E-state index in [0.29, 0.717) is 120 Å². The van der Waals surface area contributed by atoms with Crippen molar-refractivity contribution in [1.29, 1.82) is 0 Å². The van der Waals surface area contributed by atoms with Gasteiger partial charge in [-0.05, 0) is 128 Å². The van der Waals surface area contributed by atoms with Crippen LogP contribution in [0.15, 0.2) is 306 Å². The molecule has 0 bridgehead atoms. The summed E-state index contributed by atoms with van der Waals surface area (Å²) >= 11 is 0. The summed E-state index contributed by atoms with van der Waals surface area (Å²) in [5, 5.41) is 94.1. The number of amides is 5. The molecule has 0 spiro atoms. The molecule has 0 fully saturated rings. The molecule has 20 aromatic heterocycles. The van der Waals surface area contributed by atoms with E-state index >= 15 is 0 Å². The number of aromatic amines is 3. The van der Waals surface area contributed by atoms with Gasteiger partial charge in [0, 0.05) is 155 Å². The molecule has 45 heteroatoms. The molecular weight excluding hydrogens is 1800 g/mol. The Labute approximate surface area is 799 Å². The molecular formula is C96H84N36O9. The Kier molecular flexibility index (Phi) is 30.5. The van der Waals surface area contributed by atoms with Gasteiger partial charge in [-0.15, -0.1) is 0 Å². The van der Waals surface area contributed by atoms with Crippen LogP contribution in [0.3, 0.4) is 0 Å². The second kappa shape index (κ2) is 45.5. The third kappa shape index (κ3) is 24.0. The van der Waals surface area contributed by atoms with Gasteiger partial charge in [0.1, 0.15) is 56.9 Å². The van der Waals surface area contributed by atoms with E-state index in [2.05, 4.69) is 157 Å². The first kappa shape index (κ1) is 94.6. The van der Waals surface area contributed by atoms with Gasteiger partial charge in [-0.25, -0.2) is 29.9 Å². The SMILES string of the molecule is Cc1cncc(-c2cccc(C(=O)Nc3cn(C(CO)CO)nc3-c3ccccn3)n2)c1.Cn1cc(NC(=O)c2cncc(-c3ccn[nH]3)n2)c(-c2ccccn2)n1.Cn1cc(NC(=O)c2cncc(-c3cn[nH]c3)n2)c(-c2ccccn2)n1.Cn1cc(NC(=O)c2nccc(-c3cn[nH]c3)n2)c(-c2ccccn2)n1.O=C(Nc1cn(C(CO)CO)nc1-c1ccccn1)c1cccc(-c2cccnc2)n1. The van der Waals surface area contributed by atoms with E-state index in [-0.39, 0.29) is 66.8 Å². The number of aryl methyl sites for hydroxylation is 4. The van der Waals surface area contributed by atoms with Gasteiger partial charge >= 0.3 is 0 Å². The van der Waals surface area contributed by atoms with E-state index in [1.54, 1.807) is 244 Å². The largest absolute Gasteiger partial charge is 0.394 e. The number of anilines is 5. The zero-order valence-corrected chi connectivity index (χ0v) is 75.2. The van der Waals surface area contributed by atoms with Crippen LogP contribution in [-0.2, 0) is 21.1 Å². The lowest BCUT2D eigenvalue weighted by Gasteiger charge is -2.10. The lowest BCUT2D eigenvalue weighted by Crippen LogP contribution is -2.18. The molecule has 0 aliphatic carbocycles.